The number of hydrogen-bond donors (Lipinski definition) is 5. The van der Waals surface area contributed by atoms with Crippen molar-refractivity contribution in [3.63, 3.8) is 0 Å². The van der Waals surface area contributed by atoms with Crippen LogP contribution in [0.5, 0.6) is 0 Å². The maximum absolute atomic E-state index is 12.6. The highest BCUT2D eigenvalue weighted by Crippen LogP contribution is 2.43. The van der Waals surface area contributed by atoms with Gasteiger partial charge in [-0.3, -0.25) is 23.2 Å². The molecule has 5 N–H and O–H groups in total. The molecule has 0 rings (SSSR count). The van der Waals surface area contributed by atoms with Crippen molar-refractivity contribution >= 4 is 27.6 Å². The second kappa shape index (κ2) is 41.0. The van der Waals surface area contributed by atoms with Crippen LogP contribution in [0.25, 0.3) is 0 Å². The zero-order chi connectivity index (χ0) is 46.0. The molecule has 0 amide bonds. The number of hydrogen-bond acceptors (Lipinski definition) is 11. The zero-order valence-corrected chi connectivity index (χ0v) is 39.1. The fourth-order valence-electron chi connectivity index (χ4n) is 5.45. The molecule has 0 aliphatic heterocycles. The SMILES string of the molecule is CC/C=C\CC(O)/C=C/C=C/C/C=C\C/C=C\C/C=C\CCC(=O)O[C@H](COC(=O)CCCCCCC/C=C\CCCCCCCC)COP(=O)(O)OC[C@@H](O)COP(=O)(O)O. The minimum absolute atomic E-state index is 0.0149. The lowest BCUT2D eigenvalue weighted by atomic mass is 10.1. The number of ether oxygens (including phenoxy) is 2. The van der Waals surface area contributed by atoms with E-state index in [2.05, 4.69) is 47.2 Å². The van der Waals surface area contributed by atoms with E-state index in [9.17, 15) is 33.8 Å². The highest BCUT2D eigenvalue weighted by molar-refractivity contribution is 7.47. The molecule has 0 saturated heterocycles. The Balaban J connectivity index is 4.69. The molecular formula is C46H78O14P2. The van der Waals surface area contributed by atoms with Crippen LogP contribution in [-0.4, -0.2) is 81.6 Å². The van der Waals surface area contributed by atoms with Crippen LogP contribution in [0.3, 0.4) is 0 Å². The minimum Gasteiger partial charge on any atom is -0.462 e. The lowest BCUT2D eigenvalue weighted by Gasteiger charge is -2.20. The summed E-state index contributed by atoms with van der Waals surface area (Å²) in [6, 6.07) is 0. The average Bonchev–Trinajstić information content (AvgIpc) is 3.23. The lowest BCUT2D eigenvalue weighted by Crippen LogP contribution is -2.29. The molecule has 0 aliphatic carbocycles. The number of esters is 2. The first kappa shape index (κ1) is 59.3. The second-order valence-corrected chi connectivity index (χ2v) is 17.5. The Morgan fingerprint density at radius 3 is 1.73 bits per heavy atom. The van der Waals surface area contributed by atoms with Gasteiger partial charge in [-0.25, -0.2) is 9.13 Å². The summed E-state index contributed by atoms with van der Waals surface area (Å²) in [6.45, 7) is 1.43. The summed E-state index contributed by atoms with van der Waals surface area (Å²) in [4.78, 5) is 52.7. The van der Waals surface area contributed by atoms with Gasteiger partial charge < -0.3 is 34.4 Å². The monoisotopic (exact) mass is 916 g/mol. The Labute approximate surface area is 371 Å². The third-order valence-electron chi connectivity index (χ3n) is 8.85. The zero-order valence-electron chi connectivity index (χ0n) is 37.3. The molecule has 2 unspecified atom stereocenters. The third-order valence-corrected chi connectivity index (χ3v) is 10.3. The standard InChI is InChI=1S/C46H78O14P2/c1-3-5-7-8-9-10-11-12-13-16-19-22-25-28-32-36-45(49)56-40-44(41-59-62(54,55)58-39-43(48)38-57-61(51,52)53)60-46(50)37-33-29-26-23-20-17-14-15-18-21-24-27-31-35-42(47)34-30-6-4-2/h6,12-13,15,17-18,20,24,26-27,29-31,35,42-44,47-48H,3-5,7-11,14,16,19,21-23,25,28,32-34,36-41H2,1-2H3,(H,54,55)(H2,51,52,53)/b13-12-,18-15-,20-17-,27-24+,29-26-,30-6-,35-31+/t42?,43-,44+/m0/s1. The van der Waals surface area contributed by atoms with Gasteiger partial charge in [0, 0.05) is 12.8 Å². The number of allylic oxidation sites excluding steroid dienone is 12. The molecule has 0 heterocycles. The summed E-state index contributed by atoms with van der Waals surface area (Å²) in [6.07, 6.45) is 43.5. The molecule has 0 aromatic rings. The van der Waals surface area contributed by atoms with Crippen molar-refractivity contribution < 1.29 is 66.7 Å². The van der Waals surface area contributed by atoms with Crippen LogP contribution in [0, 0.1) is 0 Å². The van der Waals surface area contributed by atoms with Crippen LogP contribution in [0.4, 0.5) is 0 Å². The van der Waals surface area contributed by atoms with Crippen molar-refractivity contribution in [2.24, 2.45) is 0 Å². The first-order valence-corrected chi connectivity index (χ1v) is 25.4. The van der Waals surface area contributed by atoms with E-state index in [0.717, 1.165) is 57.8 Å². The Bertz CT molecular complexity index is 1430. The Hall–Kier alpha value is -2.74. The molecule has 356 valence electrons. The number of phosphoric ester groups is 2. The molecule has 62 heavy (non-hydrogen) atoms. The first-order chi connectivity index (χ1) is 29.8. The van der Waals surface area contributed by atoms with Crippen LogP contribution in [0.2, 0.25) is 0 Å². The fourth-order valence-corrected chi connectivity index (χ4v) is 6.61. The van der Waals surface area contributed by atoms with E-state index in [1.807, 2.05) is 54.7 Å². The largest absolute Gasteiger partial charge is 0.472 e. The fraction of sp³-hybridized carbons (Fsp3) is 0.652. The van der Waals surface area contributed by atoms with Gasteiger partial charge in [0.15, 0.2) is 6.10 Å². The summed E-state index contributed by atoms with van der Waals surface area (Å²) in [7, 11) is -9.72. The predicted molar refractivity (Wildman–Crippen MR) is 245 cm³/mol. The molecule has 0 aromatic heterocycles. The first-order valence-electron chi connectivity index (χ1n) is 22.4. The van der Waals surface area contributed by atoms with Gasteiger partial charge in [-0.1, -0.05) is 150 Å². The number of carbonyl (C=O) groups excluding carboxylic acids is 2. The van der Waals surface area contributed by atoms with Crippen LogP contribution < -0.4 is 0 Å². The third kappa shape index (κ3) is 43.9. The summed E-state index contributed by atoms with van der Waals surface area (Å²) in [5.74, 6) is -1.17. The van der Waals surface area contributed by atoms with Gasteiger partial charge in [-0.05, 0) is 70.6 Å². The van der Waals surface area contributed by atoms with Crippen molar-refractivity contribution in [1.82, 2.24) is 0 Å². The molecule has 0 saturated carbocycles. The summed E-state index contributed by atoms with van der Waals surface area (Å²) in [5, 5.41) is 19.6. The van der Waals surface area contributed by atoms with E-state index in [0.29, 0.717) is 25.7 Å². The quantitative estimate of drug-likeness (QED) is 0.0127. The van der Waals surface area contributed by atoms with Crippen LogP contribution in [-0.2, 0) is 41.8 Å². The number of aliphatic hydroxyl groups excluding tert-OH is 2. The van der Waals surface area contributed by atoms with Gasteiger partial charge in [0.25, 0.3) is 0 Å². The molecule has 0 aromatic carbocycles. The van der Waals surface area contributed by atoms with E-state index >= 15 is 0 Å². The van der Waals surface area contributed by atoms with Crippen molar-refractivity contribution in [1.29, 1.82) is 0 Å². The molecular weight excluding hydrogens is 838 g/mol. The van der Waals surface area contributed by atoms with E-state index in [1.165, 1.54) is 38.5 Å². The van der Waals surface area contributed by atoms with E-state index in [-0.39, 0.29) is 12.8 Å². The molecule has 16 heteroatoms. The van der Waals surface area contributed by atoms with E-state index in [1.54, 1.807) is 6.08 Å². The van der Waals surface area contributed by atoms with Crippen LogP contribution >= 0.6 is 15.6 Å². The van der Waals surface area contributed by atoms with Gasteiger partial charge >= 0.3 is 27.6 Å². The van der Waals surface area contributed by atoms with Crippen molar-refractivity contribution in [2.45, 2.75) is 167 Å². The summed E-state index contributed by atoms with van der Waals surface area (Å²) in [5.41, 5.74) is 0. The Morgan fingerprint density at radius 2 is 1.10 bits per heavy atom. The molecule has 0 bridgehead atoms. The van der Waals surface area contributed by atoms with Crippen LogP contribution in [0.15, 0.2) is 85.1 Å². The van der Waals surface area contributed by atoms with Crippen LogP contribution in [0.1, 0.15) is 149 Å². The number of carbonyl (C=O) groups is 2. The number of phosphoric acid groups is 2. The van der Waals surface area contributed by atoms with E-state index < -0.39 is 72.3 Å². The van der Waals surface area contributed by atoms with Crippen molar-refractivity contribution in [3.8, 4) is 0 Å². The molecule has 14 nitrogen and oxygen atoms in total. The van der Waals surface area contributed by atoms with Gasteiger partial charge in [0.1, 0.15) is 12.7 Å². The topological polar surface area (TPSA) is 216 Å². The number of unbranched alkanes of at least 4 members (excludes halogenated alkanes) is 11. The van der Waals surface area contributed by atoms with Crippen molar-refractivity contribution in [2.75, 3.05) is 26.4 Å². The molecule has 0 fully saturated rings. The number of rotatable bonds is 41. The highest BCUT2D eigenvalue weighted by atomic mass is 31.2. The molecule has 0 aliphatic rings. The Kier molecular flexibility index (Phi) is 39.2. The van der Waals surface area contributed by atoms with Gasteiger partial charge in [0.05, 0.1) is 25.9 Å². The lowest BCUT2D eigenvalue weighted by molar-refractivity contribution is -0.161. The highest BCUT2D eigenvalue weighted by Gasteiger charge is 2.28. The molecule has 0 radical (unpaired) electrons. The molecule has 4 atom stereocenters. The Morgan fingerprint density at radius 1 is 0.548 bits per heavy atom. The predicted octanol–water partition coefficient (Wildman–Crippen LogP) is 10.5. The smallest absolute Gasteiger partial charge is 0.462 e. The van der Waals surface area contributed by atoms with Gasteiger partial charge in [0.2, 0.25) is 0 Å². The molecule has 0 spiro atoms. The van der Waals surface area contributed by atoms with E-state index in [4.69, 9.17) is 23.8 Å². The summed E-state index contributed by atoms with van der Waals surface area (Å²) < 4.78 is 47.7. The van der Waals surface area contributed by atoms with Gasteiger partial charge in [-0.2, -0.15) is 0 Å². The minimum atomic E-state index is -4.88. The maximum atomic E-state index is 12.6. The maximum Gasteiger partial charge on any atom is 0.472 e. The summed E-state index contributed by atoms with van der Waals surface area (Å²) >= 11 is 0. The average molecular weight is 917 g/mol. The van der Waals surface area contributed by atoms with Crippen molar-refractivity contribution in [3.05, 3.63) is 85.1 Å². The second-order valence-electron chi connectivity index (χ2n) is 14.8. The number of aliphatic hydroxyl groups is 2. The van der Waals surface area contributed by atoms with Gasteiger partial charge in [-0.15, -0.1) is 0 Å². The normalized spacial score (nSPS) is 15.3.